The first kappa shape index (κ1) is 15.3. The van der Waals surface area contributed by atoms with Crippen LogP contribution in [0.15, 0.2) is 29.3 Å². The minimum Gasteiger partial charge on any atom is -0.381 e. The van der Waals surface area contributed by atoms with Crippen LogP contribution in [0.4, 0.5) is 0 Å². The quantitative estimate of drug-likeness (QED) is 0.674. The molecular formula is C16H22N4O. The highest BCUT2D eigenvalue weighted by Gasteiger charge is 2.18. The molecule has 1 N–H and O–H groups in total. The van der Waals surface area contributed by atoms with E-state index in [2.05, 4.69) is 21.3 Å². The summed E-state index contributed by atoms with van der Waals surface area (Å²) in [7, 11) is 3.84. The fourth-order valence-electron chi connectivity index (χ4n) is 2.46. The molecule has 0 spiro atoms. The molecule has 0 aliphatic carbocycles. The molecule has 5 heteroatoms. The van der Waals surface area contributed by atoms with Gasteiger partial charge >= 0.3 is 0 Å². The number of rotatable bonds is 4. The number of guanidine groups is 1. The SMILES string of the molecule is CN=C(NCc1ccc(C#N)cc1)N(C)CC1CCOC1. The molecule has 1 aliphatic rings. The normalized spacial score (nSPS) is 18.3. The molecule has 2 rings (SSSR count). The minimum absolute atomic E-state index is 0.587. The zero-order valence-corrected chi connectivity index (χ0v) is 12.7. The summed E-state index contributed by atoms with van der Waals surface area (Å²) in [5, 5.41) is 12.1. The van der Waals surface area contributed by atoms with Crippen molar-refractivity contribution in [2.24, 2.45) is 10.9 Å². The number of nitrogens with zero attached hydrogens (tertiary/aromatic N) is 3. The fraction of sp³-hybridized carbons (Fsp3) is 0.500. The topological polar surface area (TPSA) is 60.7 Å². The van der Waals surface area contributed by atoms with E-state index in [0.29, 0.717) is 18.0 Å². The van der Waals surface area contributed by atoms with Gasteiger partial charge in [-0.2, -0.15) is 5.26 Å². The Morgan fingerprint density at radius 1 is 1.48 bits per heavy atom. The summed E-state index contributed by atoms with van der Waals surface area (Å²) < 4.78 is 5.41. The van der Waals surface area contributed by atoms with Crippen LogP contribution in [-0.4, -0.2) is 44.7 Å². The van der Waals surface area contributed by atoms with Crippen molar-refractivity contribution in [2.75, 3.05) is 33.9 Å². The number of benzene rings is 1. The molecule has 0 radical (unpaired) electrons. The molecule has 1 heterocycles. The van der Waals surface area contributed by atoms with Gasteiger partial charge in [0.05, 0.1) is 18.2 Å². The van der Waals surface area contributed by atoms with Gasteiger partial charge in [0.15, 0.2) is 5.96 Å². The highest BCUT2D eigenvalue weighted by atomic mass is 16.5. The molecule has 0 saturated carbocycles. The number of ether oxygens (including phenoxy) is 1. The summed E-state index contributed by atoms with van der Waals surface area (Å²) in [5.41, 5.74) is 1.81. The van der Waals surface area contributed by atoms with E-state index in [9.17, 15) is 0 Å². The van der Waals surface area contributed by atoms with Gasteiger partial charge in [0.1, 0.15) is 0 Å². The molecule has 1 aliphatic heterocycles. The monoisotopic (exact) mass is 286 g/mol. The summed E-state index contributed by atoms with van der Waals surface area (Å²) in [6.45, 7) is 3.36. The van der Waals surface area contributed by atoms with E-state index < -0.39 is 0 Å². The van der Waals surface area contributed by atoms with Gasteiger partial charge in [-0.15, -0.1) is 0 Å². The maximum absolute atomic E-state index is 8.79. The van der Waals surface area contributed by atoms with E-state index >= 15 is 0 Å². The van der Waals surface area contributed by atoms with Gasteiger partial charge in [0.25, 0.3) is 0 Å². The van der Waals surface area contributed by atoms with Crippen molar-refractivity contribution >= 4 is 5.96 Å². The Morgan fingerprint density at radius 3 is 2.81 bits per heavy atom. The Hall–Kier alpha value is -2.06. The molecule has 1 unspecified atom stereocenters. The summed E-state index contributed by atoms with van der Waals surface area (Å²) in [5.74, 6) is 1.47. The van der Waals surface area contributed by atoms with Crippen LogP contribution in [0.1, 0.15) is 17.5 Å². The van der Waals surface area contributed by atoms with Crippen LogP contribution in [-0.2, 0) is 11.3 Å². The van der Waals surface area contributed by atoms with Crippen molar-refractivity contribution in [3.63, 3.8) is 0 Å². The first-order valence-electron chi connectivity index (χ1n) is 7.21. The third-order valence-electron chi connectivity index (χ3n) is 3.66. The van der Waals surface area contributed by atoms with E-state index in [0.717, 1.165) is 37.7 Å². The molecule has 1 saturated heterocycles. The lowest BCUT2D eigenvalue weighted by atomic mass is 10.1. The van der Waals surface area contributed by atoms with Crippen LogP contribution in [0.5, 0.6) is 0 Å². The summed E-state index contributed by atoms with van der Waals surface area (Å²) in [4.78, 5) is 6.46. The fourth-order valence-corrected chi connectivity index (χ4v) is 2.46. The molecule has 5 nitrogen and oxygen atoms in total. The first-order valence-corrected chi connectivity index (χ1v) is 7.21. The van der Waals surface area contributed by atoms with Crippen molar-refractivity contribution in [3.05, 3.63) is 35.4 Å². The molecule has 0 amide bonds. The Balaban J connectivity index is 1.85. The average Bonchev–Trinajstić information content (AvgIpc) is 3.01. The van der Waals surface area contributed by atoms with E-state index in [4.69, 9.17) is 10.00 Å². The summed E-state index contributed by atoms with van der Waals surface area (Å²) in [6, 6.07) is 9.71. The first-order chi connectivity index (χ1) is 10.2. The van der Waals surface area contributed by atoms with Crippen LogP contribution in [0, 0.1) is 17.2 Å². The second kappa shape index (κ2) is 7.65. The van der Waals surface area contributed by atoms with Crippen molar-refractivity contribution in [1.82, 2.24) is 10.2 Å². The Bertz CT molecular complexity index is 512. The number of hydrogen-bond acceptors (Lipinski definition) is 3. The van der Waals surface area contributed by atoms with Gasteiger partial charge in [-0.25, -0.2) is 0 Å². The molecular weight excluding hydrogens is 264 g/mol. The van der Waals surface area contributed by atoms with Crippen LogP contribution in [0.25, 0.3) is 0 Å². The minimum atomic E-state index is 0.587. The predicted molar refractivity (Wildman–Crippen MR) is 82.9 cm³/mol. The summed E-state index contributed by atoms with van der Waals surface area (Å²) >= 11 is 0. The second-order valence-corrected chi connectivity index (χ2v) is 5.32. The zero-order chi connectivity index (χ0) is 15.1. The van der Waals surface area contributed by atoms with Gasteiger partial charge in [-0.3, -0.25) is 4.99 Å². The summed E-state index contributed by atoms with van der Waals surface area (Å²) in [6.07, 6.45) is 1.12. The smallest absolute Gasteiger partial charge is 0.193 e. The molecule has 1 atom stereocenters. The molecule has 1 aromatic rings. The van der Waals surface area contributed by atoms with Crippen molar-refractivity contribution in [2.45, 2.75) is 13.0 Å². The third-order valence-corrected chi connectivity index (χ3v) is 3.66. The van der Waals surface area contributed by atoms with E-state index in [-0.39, 0.29) is 0 Å². The number of nitriles is 1. The van der Waals surface area contributed by atoms with Gasteiger partial charge in [-0.05, 0) is 24.1 Å². The highest BCUT2D eigenvalue weighted by Crippen LogP contribution is 2.13. The standard InChI is InChI=1S/C16H22N4O/c1-18-16(20(2)11-15-7-8-21-12-15)19-10-14-5-3-13(9-17)4-6-14/h3-6,15H,7-8,10-12H2,1-2H3,(H,18,19). The Kier molecular flexibility index (Phi) is 5.59. The van der Waals surface area contributed by atoms with E-state index in [1.807, 2.05) is 31.3 Å². The van der Waals surface area contributed by atoms with Crippen molar-refractivity contribution < 1.29 is 4.74 Å². The van der Waals surface area contributed by atoms with Crippen molar-refractivity contribution in [3.8, 4) is 6.07 Å². The maximum atomic E-state index is 8.79. The van der Waals surface area contributed by atoms with Gasteiger partial charge in [0, 0.05) is 39.7 Å². The lowest BCUT2D eigenvalue weighted by Gasteiger charge is -2.24. The second-order valence-electron chi connectivity index (χ2n) is 5.32. The predicted octanol–water partition coefficient (Wildman–Crippen LogP) is 1.60. The molecule has 0 bridgehead atoms. The Morgan fingerprint density at radius 2 is 2.24 bits per heavy atom. The molecule has 1 aromatic carbocycles. The number of hydrogen-bond donors (Lipinski definition) is 1. The molecule has 21 heavy (non-hydrogen) atoms. The highest BCUT2D eigenvalue weighted by molar-refractivity contribution is 5.79. The van der Waals surface area contributed by atoms with Crippen molar-refractivity contribution in [1.29, 1.82) is 5.26 Å². The zero-order valence-electron chi connectivity index (χ0n) is 12.7. The van der Waals surface area contributed by atoms with E-state index in [1.54, 1.807) is 7.05 Å². The largest absolute Gasteiger partial charge is 0.381 e. The number of nitrogens with one attached hydrogen (secondary N) is 1. The number of aliphatic imine (C=N–C) groups is 1. The maximum Gasteiger partial charge on any atom is 0.193 e. The third kappa shape index (κ3) is 4.47. The Labute approximate surface area is 126 Å². The average molecular weight is 286 g/mol. The van der Waals surface area contributed by atoms with Crippen LogP contribution < -0.4 is 5.32 Å². The van der Waals surface area contributed by atoms with Gasteiger partial charge in [0.2, 0.25) is 0 Å². The molecule has 1 fully saturated rings. The molecule has 112 valence electrons. The lowest BCUT2D eigenvalue weighted by Crippen LogP contribution is -2.41. The van der Waals surface area contributed by atoms with Gasteiger partial charge in [-0.1, -0.05) is 12.1 Å². The van der Waals surface area contributed by atoms with E-state index in [1.165, 1.54) is 0 Å². The van der Waals surface area contributed by atoms with Crippen LogP contribution >= 0.6 is 0 Å². The van der Waals surface area contributed by atoms with Crippen LogP contribution in [0.3, 0.4) is 0 Å². The molecule has 0 aromatic heterocycles. The van der Waals surface area contributed by atoms with Crippen LogP contribution in [0.2, 0.25) is 0 Å². The van der Waals surface area contributed by atoms with Gasteiger partial charge < -0.3 is 15.0 Å². The lowest BCUT2D eigenvalue weighted by molar-refractivity contribution is 0.181.